The van der Waals surface area contributed by atoms with Gasteiger partial charge in [-0.25, -0.2) is 9.97 Å². The number of nitrogens with one attached hydrogen (secondary N) is 2. The topological polar surface area (TPSA) is 258 Å². The fraction of sp³-hybridized carbons (Fsp3) is 0.366. The Morgan fingerprint density at radius 3 is 1.58 bits per heavy atom. The number of aliphatic hydroxyl groups is 1. The Labute approximate surface area is 361 Å². The van der Waals surface area contributed by atoms with Crippen molar-refractivity contribution in [2.24, 2.45) is 11.5 Å². The number of anilines is 2. The van der Waals surface area contributed by atoms with E-state index in [1.54, 1.807) is 68.7 Å². The van der Waals surface area contributed by atoms with Crippen molar-refractivity contribution in [2.45, 2.75) is 72.4 Å². The normalized spacial score (nSPS) is 16.5. The second-order valence-corrected chi connectivity index (χ2v) is 15.1. The molecule has 2 aromatic carbocycles. The fourth-order valence-corrected chi connectivity index (χ4v) is 7.87. The first-order valence-electron chi connectivity index (χ1n) is 20.0. The van der Waals surface area contributed by atoms with Gasteiger partial charge in [-0.1, -0.05) is 12.2 Å². The van der Waals surface area contributed by atoms with E-state index in [0.717, 1.165) is 0 Å². The summed E-state index contributed by atoms with van der Waals surface area (Å²) in [7, 11) is 0. The number of β-amino-alcohol motifs (C(OH)–C–C–N with tert-alkyl or cyclic N) is 1. The smallest absolute Gasteiger partial charge is 0.276 e. The molecule has 6 heterocycles. The van der Waals surface area contributed by atoms with Crippen LogP contribution < -0.4 is 31.6 Å². The minimum absolute atomic E-state index is 0. The standard InChI is InChI=1S/C41H47N13O7.ClH/c1-5-53-30(13-22(3)48-53)38(58)46-40-44-28-15-24(36(42)56)17-32-34(28)51(40)10-7-8-11-52-35-29(45-41(52)47-39(59)31-14-23(4)49-54(31)6-2)16-25(37(43)57)18-33(35)61-21-26(20-60-32)50-12-9-27(55)19-50;/h7-8,13-18,26-27,55H,5-6,9-12,19-21H2,1-4H3,(H2,42,56)(H2,43,57)(H,44,46,58)(H,45,47,59);1H/b8-7+;/t27-;/m0./s1. The van der Waals surface area contributed by atoms with Crippen molar-refractivity contribution in [1.29, 1.82) is 0 Å². The van der Waals surface area contributed by atoms with Gasteiger partial charge in [0, 0.05) is 50.4 Å². The Bertz CT molecular complexity index is 2580. The lowest BCUT2D eigenvalue weighted by Gasteiger charge is -2.28. The van der Waals surface area contributed by atoms with Crippen LogP contribution in [0.25, 0.3) is 22.1 Å². The van der Waals surface area contributed by atoms with E-state index in [9.17, 15) is 24.3 Å². The van der Waals surface area contributed by atoms with Crippen molar-refractivity contribution in [3.63, 3.8) is 0 Å². The minimum atomic E-state index is -0.700. The number of carbonyl (C=O) groups is 4. The van der Waals surface area contributed by atoms with Crippen LogP contribution in [0.5, 0.6) is 11.5 Å². The minimum Gasteiger partial charge on any atom is -0.490 e. The largest absolute Gasteiger partial charge is 0.490 e. The van der Waals surface area contributed by atoms with Crippen LogP contribution in [-0.4, -0.2) is 111 Å². The number of imidazole rings is 2. The molecule has 4 aromatic heterocycles. The maximum Gasteiger partial charge on any atom is 0.276 e. The molecule has 2 aliphatic heterocycles. The lowest BCUT2D eigenvalue weighted by atomic mass is 10.1. The summed E-state index contributed by atoms with van der Waals surface area (Å²) in [6, 6.07) is 9.08. The number of aryl methyl sites for hydroxylation is 4. The average Bonchev–Trinajstić information content (AvgIpc) is 4.06. The van der Waals surface area contributed by atoms with Crippen molar-refractivity contribution in [3.05, 3.63) is 82.5 Å². The SMILES string of the molecule is CCn1nc(C)cc1C(=O)Nc1nc2cc(C(N)=O)cc3c2n1C/C=C/Cn1c(NC(=O)c2cc(C)nn2CC)nc2cc(C(N)=O)cc(c21)OCC(N1CC[C@H](O)C1)CO3.Cl. The van der Waals surface area contributed by atoms with E-state index in [-0.39, 0.29) is 73.2 Å². The third-order valence-corrected chi connectivity index (χ3v) is 10.8. The molecule has 21 heteroatoms. The Balaban J connectivity index is 0.00000578. The van der Waals surface area contributed by atoms with Crippen molar-refractivity contribution < 1.29 is 33.8 Å². The van der Waals surface area contributed by atoms with Crippen LogP contribution in [0.3, 0.4) is 0 Å². The number of aromatic nitrogens is 8. The lowest BCUT2D eigenvalue weighted by molar-refractivity contribution is 0.0941. The highest BCUT2D eigenvalue weighted by Crippen LogP contribution is 2.34. The van der Waals surface area contributed by atoms with Crippen molar-refractivity contribution >= 4 is 70.0 Å². The van der Waals surface area contributed by atoms with E-state index in [2.05, 4.69) is 20.8 Å². The highest BCUT2D eigenvalue weighted by atomic mass is 35.5. The second-order valence-electron chi connectivity index (χ2n) is 15.1. The van der Waals surface area contributed by atoms with Gasteiger partial charge in [0.1, 0.15) is 47.1 Å². The molecule has 8 rings (SSSR count). The van der Waals surface area contributed by atoms with Crippen LogP contribution in [-0.2, 0) is 26.2 Å². The predicted octanol–water partition coefficient (Wildman–Crippen LogP) is 3.02. The molecule has 0 radical (unpaired) electrons. The third-order valence-electron chi connectivity index (χ3n) is 10.8. The summed E-state index contributed by atoms with van der Waals surface area (Å²) in [6.45, 7) is 9.55. The van der Waals surface area contributed by atoms with Crippen molar-refractivity contribution in [1.82, 2.24) is 43.6 Å². The molecule has 4 amide bonds. The van der Waals surface area contributed by atoms with Gasteiger partial charge in [-0.3, -0.25) is 44.1 Å². The fourth-order valence-electron chi connectivity index (χ4n) is 7.87. The van der Waals surface area contributed by atoms with Gasteiger partial charge < -0.3 is 35.2 Å². The van der Waals surface area contributed by atoms with Gasteiger partial charge in [-0.05, 0) is 70.5 Å². The van der Waals surface area contributed by atoms with Gasteiger partial charge in [-0.2, -0.15) is 10.2 Å². The van der Waals surface area contributed by atoms with Gasteiger partial charge in [0.2, 0.25) is 23.7 Å². The maximum atomic E-state index is 13.8. The van der Waals surface area contributed by atoms with Gasteiger partial charge in [0.15, 0.2) is 0 Å². The number of ether oxygens (including phenoxy) is 2. The molecule has 2 aliphatic rings. The van der Waals surface area contributed by atoms with Gasteiger partial charge in [0.05, 0.1) is 34.6 Å². The summed E-state index contributed by atoms with van der Waals surface area (Å²) in [5.74, 6) is -1.37. The zero-order valence-corrected chi connectivity index (χ0v) is 35.4. The molecule has 7 N–H and O–H groups in total. The van der Waals surface area contributed by atoms with E-state index in [0.29, 0.717) is 77.4 Å². The number of nitrogens with zero attached hydrogens (tertiary/aromatic N) is 9. The molecule has 62 heavy (non-hydrogen) atoms. The van der Waals surface area contributed by atoms with Crippen molar-refractivity contribution in [2.75, 3.05) is 36.9 Å². The summed E-state index contributed by atoms with van der Waals surface area (Å²) in [6.07, 6.45) is 3.66. The van der Waals surface area contributed by atoms with Gasteiger partial charge in [-0.15, -0.1) is 12.4 Å². The highest BCUT2D eigenvalue weighted by molar-refractivity contribution is 6.05. The van der Waals surface area contributed by atoms with E-state index >= 15 is 0 Å². The number of amides is 4. The number of primary amides is 2. The molecule has 0 spiro atoms. The molecule has 1 saturated heterocycles. The summed E-state index contributed by atoms with van der Waals surface area (Å²) >= 11 is 0. The number of rotatable bonds is 9. The maximum absolute atomic E-state index is 13.8. The molecule has 20 nitrogen and oxygen atoms in total. The molecule has 1 fully saturated rings. The Morgan fingerprint density at radius 2 is 1.19 bits per heavy atom. The molecule has 0 bridgehead atoms. The summed E-state index contributed by atoms with van der Waals surface area (Å²) in [5, 5.41) is 25.3. The first kappa shape index (κ1) is 43.3. The quantitative estimate of drug-likeness (QED) is 0.132. The van der Waals surface area contributed by atoms with Crippen LogP contribution >= 0.6 is 12.4 Å². The molecule has 326 valence electrons. The zero-order chi connectivity index (χ0) is 43.1. The summed E-state index contributed by atoms with van der Waals surface area (Å²) in [5.41, 5.74) is 15.6. The van der Waals surface area contributed by atoms with Crippen LogP contribution in [0.4, 0.5) is 11.9 Å². The average molecular weight is 870 g/mol. The van der Waals surface area contributed by atoms with Gasteiger partial charge in [0.25, 0.3) is 11.8 Å². The van der Waals surface area contributed by atoms with Crippen LogP contribution in [0.15, 0.2) is 48.6 Å². The molecular formula is C41H48ClN13O7. The molecule has 6 aromatic rings. The molecule has 0 saturated carbocycles. The van der Waals surface area contributed by atoms with E-state index in [4.69, 9.17) is 30.9 Å². The number of nitrogens with two attached hydrogens (primary N) is 2. The number of allylic oxidation sites excluding steroid dienone is 2. The van der Waals surface area contributed by atoms with E-state index < -0.39 is 35.8 Å². The second kappa shape index (κ2) is 17.7. The summed E-state index contributed by atoms with van der Waals surface area (Å²) < 4.78 is 19.9. The van der Waals surface area contributed by atoms with E-state index in [1.165, 1.54) is 0 Å². The highest BCUT2D eigenvalue weighted by Gasteiger charge is 2.31. The predicted molar refractivity (Wildman–Crippen MR) is 231 cm³/mol. The first-order chi connectivity index (χ1) is 29.3. The van der Waals surface area contributed by atoms with Gasteiger partial charge >= 0.3 is 0 Å². The summed E-state index contributed by atoms with van der Waals surface area (Å²) in [4.78, 5) is 64.5. The molecule has 0 aliphatic carbocycles. The monoisotopic (exact) mass is 869 g/mol. The molecule has 0 unspecified atom stereocenters. The zero-order valence-electron chi connectivity index (χ0n) is 34.6. The number of carbonyl (C=O) groups excluding carboxylic acids is 4. The Hall–Kier alpha value is -6.77. The van der Waals surface area contributed by atoms with Crippen LogP contribution in [0.1, 0.15) is 73.3 Å². The van der Waals surface area contributed by atoms with E-state index in [1.807, 2.05) is 30.9 Å². The molecular weight excluding hydrogens is 822 g/mol. The first-order valence-corrected chi connectivity index (χ1v) is 20.0. The number of aliphatic hydroxyl groups excluding tert-OH is 1. The van der Waals surface area contributed by atoms with Crippen LogP contribution in [0.2, 0.25) is 0 Å². The van der Waals surface area contributed by atoms with Crippen molar-refractivity contribution in [3.8, 4) is 11.5 Å². The Morgan fingerprint density at radius 1 is 0.742 bits per heavy atom. The third kappa shape index (κ3) is 8.43. The Kier molecular flexibility index (Phi) is 12.4. The number of likely N-dealkylation sites (tertiary alicyclic amines) is 1. The molecule has 1 atom stereocenters. The number of halogens is 1. The lowest BCUT2D eigenvalue weighted by Crippen LogP contribution is -2.42. The number of hydrogen-bond donors (Lipinski definition) is 5. The van der Waals surface area contributed by atoms with Crippen LogP contribution in [0, 0.1) is 13.8 Å². The number of hydrogen-bond acceptors (Lipinski definition) is 12. The number of benzene rings is 2.